The summed E-state index contributed by atoms with van der Waals surface area (Å²) < 4.78 is 1.14. The second kappa shape index (κ2) is 5.48. The average molecular weight is 312 g/mol. The van der Waals surface area contributed by atoms with Gasteiger partial charge in [0.05, 0.1) is 28.6 Å². The molecule has 2 aromatic heterocycles. The lowest BCUT2D eigenvalue weighted by Gasteiger charge is -2.07. The highest BCUT2D eigenvalue weighted by atomic mass is 16.6. The van der Waals surface area contributed by atoms with Gasteiger partial charge in [0.25, 0.3) is 16.8 Å². The van der Waals surface area contributed by atoms with Crippen molar-refractivity contribution in [3.05, 3.63) is 78.7 Å². The zero-order valence-corrected chi connectivity index (χ0v) is 12.1. The summed E-state index contributed by atoms with van der Waals surface area (Å²) in [4.78, 5) is 41.1. The Bertz CT molecular complexity index is 1040. The normalized spacial score (nSPS) is 10.8. The van der Waals surface area contributed by atoms with Gasteiger partial charge in [0.2, 0.25) is 0 Å². The van der Waals surface area contributed by atoms with Crippen molar-refractivity contribution >= 4 is 16.6 Å². The van der Waals surface area contributed by atoms with Gasteiger partial charge in [-0.2, -0.15) is 0 Å². The van der Waals surface area contributed by atoms with E-state index in [-0.39, 0.29) is 23.6 Å². The van der Waals surface area contributed by atoms with E-state index in [1.54, 1.807) is 12.1 Å². The number of nitrogens with one attached hydrogen (secondary N) is 1. The van der Waals surface area contributed by atoms with Crippen LogP contribution in [0.5, 0.6) is 0 Å². The first-order chi connectivity index (χ1) is 11.0. The third-order valence-electron chi connectivity index (χ3n) is 3.49. The Kier molecular flexibility index (Phi) is 3.49. The second-order valence-electron chi connectivity index (χ2n) is 5.09. The predicted molar refractivity (Wildman–Crippen MR) is 83.6 cm³/mol. The van der Waals surface area contributed by atoms with Crippen molar-refractivity contribution in [3.8, 4) is 0 Å². The molecule has 8 nitrogen and oxygen atoms in total. The van der Waals surface area contributed by atoms with E-state index < -0.39 is 10.5 Å². The molecule has 0 unspecified atom stereocenters. The number of para-hydroxylation sites is 1. The van der Waals surface area contributed by atoms with E-state index in [0.29, 0.717) is 10.9 Å². The molecule has 0 spiro atoms. The highest BCUT2D eigenvalue weighted by Gasteiger charge is 2.10. The Balaban J connectivity index is 2.11. The van der Waals surface area contributed by atoms with Crippen LogP contribution in [-0.4, -0.2) is 19.5 Å². The summed E-state index contributed by atoms with van der Waals surface area (Å²) in [6.45, 7) is 1.78. The van der Waals surface area contributed by atoms with Crippen molar-refractivity contribution < 1.29 is 4.92 Å². The fourth-order valence-electron chi connectivity index (χ4n) is 2.34. The standard InChI is InChI=1S/C15H12N4O4/c1-9-3-2-4-11-14(9)16-12(17-15(11)21)8-18-7-10(19(22)23)5-6-13(18)20/h2-7H,8H2,1H3,(H,16,17,21). The van der Waals surface area contributed by atoms with Crippen LogP contribution >= 0.6 is 0 Å². The number of aromatic amines is 1. The monoisotopic (exact) mass is 312 g/mol. The lowest BCUT2D eigenvalue weighted by atomic mass is 10.1. The molecule has 23 heavy (non-hydrogen) atoms. The number of nitro groups is 1. The summed E-state index contributed by atoms with van der Waals surface area (Å²) in [6.07, 6.45) is 1.13. The van der Waals surface area contributed by atoms with Crippen LogP contribution in [0.4, 0.5) is 5.69 Å². The second-order valence-corrected chi connectivity index (χ2v) is 5.09. The van der Waals surface area contributed by atoms with Gasteiger partial charge in [-0.15, -0.1) is 0 Å². The minimum absolute atomic E-state index is 0.0555. The lowest BCUT2D eigenvalue weighted by Crippen LogP contribution is -2.22. The number of benzene rings is 1. The van der Waals surface area contributed by atoms with Gasteiger partial charge in [-0.25, -0.2) is 4.98 Å². The van der Waals surface area contributed by atoms with Crippen LogP contribution in [0.25, 0.3) is 10.9 Å². The topological polar surface area (TPSA) is 111 Å². The van der Waals surface area contributed by atoms with Gasteiger partial charge in [-0.3, -0.25) is 19.7 Å². The molecule has 0 aliphatic rings. The molecule has 3 aromatic rings. The molecule has 0 amide bonds. The zero-order chi connectivity index (χ0) is 16.6. The van der Waals surface area contributed by atoms with Gasteiger partial charge in [0.15, 0.2) is 0 Å². The first-order valence-corrected chi connectivity index (χ1v) is 6.79. The molecule has 0 saturated carbocycles. The van der Waals surface area contributed by atoms with Crippen LogP contribution in [0.3, 0.4) is 0 Å². The third-order valence-corrected chi connectivity index (χ3v) is 3.49. The van der Waals surface area contributed by atoms with Crippen molar-refractivity contribution in [1.29, 1.82) is 0 Å². The van der Waals surface area contributed by atoms with E-state index >= 15 is 0 Å². The van der Waals surface area contributed by atoms with Crippen molar-refractivity contribution in [2.75, 3.05) is 0 Å². The van der Waals surface area contributed by atoms with Crippen molar-refractivity contribution in [3.63, 3.8) is 0 Å². The Morgan fingerprint density at radius 1 is 1.26 bits per heavy atom. The van der Waals surface area contributed by atoms with Gasteiger partial charge in [0.1, 0.15) is 5.82 Å². The fourth-order valence-corrected chi connectivity index (χ4v) is 2.34. The minimum atomic E-state index is -0.587. The number of hydrogen-bond acceptors (Lipinski definition) is 5. The average Bonchev–Trinajstić information content (AvgIpc) is 2.50. The first kappa shape index (κ1) is 14.6. The summed E-state index contributed by atoms with van der Waals surface area (Å²) in [5.74, 6) is 0.263. The number of aromatic nitrogens is 3. The number of hydrogen-bond donors (Lipinski definition) is 1. The van der Waals surface area contributed by atoms with Gasteiger partial charge >= 0.3 is 0 Å². The Morgan fingerprint density at radius 2 is 2.04 bits per heavy atom. The number of H-pyrrole nitrogens is 1. The van der Waals surface area contributed by atoms with Crippen molar-refractivity contribution in [2.24, 2.45) is 0 Å². The number of nitrogens with zero attached hydrogens (tertiary/aromatic N) is 3. The van der Waals surface area contributed by atoms with Gasteiger partial charge in [0, 0.05) is 12.1 Å². The van der Waals surface area contributed by atoms with E-state index in [1.165, 1.54) is 0 Å². The molecule has 2 heterocycles. The van der Waals surface area contributed by atoms with Crippen LogP contribution in [0.1, 0.15) is 11.4 Å². The summed E-state index contributed by atoms with van der Waals surface area (Å²) >= 11 is 0. The van der Waals surface area contributed by atoms with E-state index in [4.69, 9.17) is 0 Å². The molecular formula is C15H12N4O4. The van der Waals surface area contributed by atoms with Gasteiger partial charge in [-0.1, -0.05) is 12.1 Å². The maximum Gasteiger partial charge on any atom is 0.285 e. The quantitative estimate of drug-likeness (QED) is 0.579. The van der Waals surface area contributed by atoms with E-state index in [2.05, 4.69) is 9.97 Å². The summed E-state index contributed by atoms with van der Waals surface area (Å²) in [5.41, 5.74) is 0.449. The number of aryl methyl sites for hydroxylation is 1. The van der Waals surface area contributed by atoms with E-state index in [9.17, 15) is 19.7 Å². The molecule has 8 heteroatoms. The molecule has 0 radical (unpaired) electrons. The molecule has 1 N–H and O–H groups in total. The van der Waals surface area contributed by atoms with Crippen LogP contribution in [0.2, 0.25) is 0 Å². The highest BCUT2D eigenvalue weighted by Crippen LogP contribution is 2.12. The van der Waals surface area contributed by atoms with E-state index in [0.717, 1.165) is 28.5 Å². The summed E-state index contributed by atoms with van der Waals surface area (Å²) in [6, 6.07) is 7.51. The van der Waals surface area contributed by atoms with Gasteiger partial charge < -0.3 is 9.55 Å². The number of pyridine rings is 1. The Hall–Kier alpha value is -3.29. The van der Waals surface area contributed by atoms with Crippen molar-refractivity contribution in [2.45, 2.75) is 13.5 Å². The predicted octanol–water partition coefficient (Wildman–Crippen LogP) is 1.35. The molecule has 0 aliphatic heterocycles. The summed E-state index contributed by atoms with van der Waals surface area (Å²) in [5, 5.41) is 11.3. The molecule has 0 bridgehead atoms. The lowest BCUT2D eigenvalue weighted by molar-refractivity contribution is -0.385. The number of rotatable bonds is 3. The van der Waals surface area contributed by atoms with E-state index in [1.807, 2.05) is 13.0 Å². The molecule has 0 saturated heterocycles. The molecular weight excluding hydrogens is 300 g/mol. The molecule has 1 aromatic carbocycles. The highest BCUT2D eigenvalue weighted by molar-refractivity contribution is 5.80. The Morgan fingerprint density at radius 3 is 2.78 bits per heavy atom. The number of fused-ring (bicyclic) bond motifs is 1. The van der Waals surface area contributed by atoms with Crippen LogP contribution < -0.4 is 11.1 Å². The molecule has 0 atom stereocenters. The first-order valence-electron chi connectivity index (χ1n) is 6.79. The Labute approximate surface area is 129 Å². The summed E-state index contributed by atoms with van der Waals surface area (Å²) in [7, 11) is 0. The SMILES string of the molecule is Cc1cccc2c(=O)[nH]c(Cn3cc([N+](=O)[O-])ccc3=O)nc12. The van der Waals surface area contributed by atoms with Crippen molar-refractivity contribution in [1.82, 2.24) is 14.5 Å². The molecule has 116 valence electrons. The van der Waals surface area contributed by atoms with Crippen LogP contribution in [-0.2, 0) is 6.54 Å². The molecule has 0 fully saturated rings. The zero-order valence-electron chi connectivity index (χ0n) is 12.1. The van der Waals surface area contributed by atoms with Crippen LogP contribution in [0.15, 0.2) is 46.1 Å². The molecule has 3 rings (SSSR count). The maximum absolute atomic E-state index is 12.1. The maximum atomic E-state index is 12.1. The van der Waals surface area contributed by atoms with Gasteiger partial charge in [-0.05, 0) is 18.6 Å². The smallest absolute Gasteiger partial charge is 0.285 e. The fraction of sp³-hybridized carbons (Fsp3) is 0.133. The molecule has 0 aliphatic carbocycles. The largest absolute Gasteiger partial charge is 0.308 e. The van der Waals surface area contributed by atoms with Crippen LogP contribution in [0, 0.1) is 17.0 Å². The minimum Gasteiger partial charge on any atom is -0.308 e. The third kappa shape index (κ3) is 2.73.